The summed E-state index contributed by atoms with van der Waals surface area (Å²) in [5.74, 6) is 0. The molecule has 0 saturated carbocycles. The van der Waals surface area contributed by atoms with Crippen molar-refractivity contribution >= 4 is 0 Å². The molecule has 3 rings (SSSR count). The molecule has 3 aromatic rings. The number of pyridine rings is 1. The van der Waals surface area contributed by atoms with Crippen molar-refractivity contribution in [3.05, 3.63) is 60.7 Å². The molecule has 0 aliphatic heterocycles. The summed E-state index contributed by atoms with van der Waals surface area (Å²) in [6.45, 7) is 2.78. The summed E-state index contributed by atoms with van der Waals surface area (Å²) in [4.78, 5) is 8.38. The van der Waals surface area contributed by atoms with Crippen LogP contribution in [-0.2, 0) is 12.7 Å². The summed E-state index contributed by atoms with van der Waals surface area (Å²) < 4.78 is 41.0. The molecule has 0 N–H and O–H groups in total. The largest absolute Gasteiger partial charge is 0.416 e. The Morgan fingerprint density at radius 1 is 1.04 bits per heavy atom. The van der Waals surface area contributed by atoms with Gasteiger partial charge in [0.25, 0.3) is 0 Å². The van der Waals surface area contributed by atoms with E-state index in [1.165, 1.54) is 6.07 Å². The number of rotatable bonds is 4. The van der Waals surface area contributed by atoms with E-state index in [4.69, 9.17) is 0 Å². The molecule has 0 saturated heterocycles. The van der Waals surface area contributed by atoms with Gasteiger partial charge in [0.1, 0.15) is 0 Å². The zero-order chi connectivity index (χ0) is 17.2. The lowest BCUT2D eigenvalue weighted by molar-refractivity contribution is -0.137. The molecule has 0 atom stereocenters. The summed E-state index contributed by atoms with van der Waals surface area (Å²) in [5.41, 5.74) is 2.00. The first kappa shape index (κ1) is 16.2. The molecule has 0 spiro atoms. The van der Waals surface area contributed by atoms with Crippen molar-refractivity contribution in [1.29, 1.82) is 0 Å². The van der Waals surface area contributed by atoms with Crippen molar-refractivity contribution in [3.63, 3.8) is 0 Å². The van der Waals surface area contributed by atoms with Crippen LogP contribution in [0.15, 0.2) is 55.1 Å². The fourth-order valence-electron chi connectivity index (χ4n) is 2.66. The van der Waals surface area contributed by atoms with Crippen LogP contribution in [0.3, 0.4) is 0 Å². The Labute approximate surface area is 137 Å². The third kappa shape index (κ3) is 3.18. The van der Waals surface area contributed by atoms with E-state index in [9.17, 15) is 13.2 Å². The highest BCUT2D eigenvalue weighted by atomic mass is 19.4. The molecule has 6 heteroatoms. The molecule has 2 heterocycles. The molecular formula is C18H16F3N3. The minimum absolute atomic E-state index is 0.450. The van der Waals surface area contributed by atoms with Crippen LogP contribution < -0.4 is 0 Å². The number of aromatic nitrogens is 3. The van der Waals surface area contributed by atoms with Gasteiger partial charge in [0.15, 0.2) is 0 Å². The Morgan fingerprint density at radius 3 is 2.46 bits per heavy atom. The highest BCUT2D eigenvalue weighted by Gasteiger charge is 2.31. The third-order valence-electron chi connectivity index (χ3n) is 3.72. The molecule has 1 aromatic carbocycles. The maximum Gasteiger partial charge on any atom is 0.416 e. The standard InChI is InChI=1S/C18H16F3N3/c1-2-10-24-12-23-16(17(24)13-6-8-22-9-7-13)14-4-3-5-15(11-14)18(19,20)21/h3-9,11-12H,2,10H2,1H3. The average molecular weight is 331 g/mol. The minimum atomic E-state index is -4.38. The maximum absolute atomic E-state index is 13.0. The molecular weight excluding hydrogens is 315 g/mol. The van der Waals surface area contributed by atoms with E-state index >= 15 is 0 Å². The predicted molar refractivity (Wildman–Crippen MR) is 86.2 cm³/mol. The fourth-order valence-corrected chi connectivity index (χ4v) is 2.66. The molecule has 0 radical (unpaired) electrons. The Hall–Kier alpha value is -2.63. The van der Waals surface area contributed by atoms with Crippen molar-refractivity contribution in [1.82, 2.24) is 14.5 Å². The van der Waals surface area contributed by atoms with Crippen LogP contribution in [0.2, 0.25) is 0 Å². The summed E-state index contributed by atoms with van der Waals surface area (Å²) in [6, 6.07) is 8.94. The number of alkyl halides is 3. The highest BCUT2D eigenvalue weighted by Crippen LogP contribution is 2.35. The van der Waals surface area contributed by atoms with Crippen LogP contribution in [0, 0.1) is 0 Å². The van der Waals surface area contributed by atoms with Crippen molar-refractivity contribution in [3.8, 4) is 22.5 Å². The van der Waals surface area contributed by atoms with E-state index in [-0.39, 0.29) is 0 Å². The fraction of sp³-hybridized carbons (Fsp3) is 0.222. The highest BCUT2D eigenvalue weighted by molar-refractivity contribution is 5.78. The van der Waals surface area contributed by atoms with Gasteiger partial charge in [0, 0.05) is 30.1 Å². The van der Waals surface area contributed by atoms with Gasteiger partial charge in [-0.25, -0.2) is 4.98 Å². The lowest BCUT2D eigenvalue weighted by Gasteiger charge is -2.11. The number of halogens is 3. The minimum Gasteiger partial charge on any atom is -0.330 e. The van der Waals surface area contributed by atoms with Crippen LogP contribution >= 0.6 is 0 Å². The number of benzene rings is 1. The number of imidazole rings is 1. The second kappa shape index (κ2) is 6.47. The number of nitrogens with zero attached hydrogens (tertiary/aromatic N) is 3. The van der Waals surface area contributed by atoms with Crippen molar-refractivity contribution in [2.24, 2.45) is 0 Å². The van der Waals surface area contributed by atoms with Crippen molar-refractivity contribution in [2.75, 3.05) is 0 Å². The summed E-state index contributed by atoms with van der Waals surface area (Å²) in [6.07, 6.45) is 1.52. The lowest BCUT2D eigenvalue weighted by Crippen LogP contribution is -2.04. The second-order valence-electron chi connectivity index (χ2n) is 5.45. The van der Waals surface area contributed by atoms with E-state index in [0.29, 0.717) is 11.3 Å². The van der Waals surface area contributed by atoms with Gasteiger partial charge in [-0.3, -0.25) is 4.98 Å². The van der Waals surface area contributed by atoms with Gasteiger partial charge in [0.05, 0.1) is 23.3 Å². The first-order valence-corrected chi connectivity index (χ1v) is 7.64. The zero-order valence-electron chi connectivity index (χ0n) is 13.1. The normalized spacial score (nSPS) is 11.7. The second-order valence-corrected chi connectivity index (χ2v) is 5.45. The third-order valence-corrected chi connectivity index (χ3v) is 3.72. The molecule has 0 fully saturated rings. The Morgan fingerprint density at radius 2 is 1.79 bits per heavy atom. The summed E-state index contributed by atoms with van der Waals surface area (Å²) in [5, 5.41) is 0. The quantitative estimate of drug-likeness (QED) is 0.670. The maximum atomic E-state index is 13.0. The molecule has 3 nitrogen and oxygen atoms in total. The molecule has 0 aliphatic rings. The lowest BCUT2D eigenvalue weighted by atomic mass is 10.0. The molecule has 0 aliphatic carbocycles. The van der Waals surface area contributed by atoms with E-state index < -0.39 is 11.7 Å². The van der Waals surface area contributed by atoms with Crippen LogP contribution in [0.4, 0.5) is 13.2 Å². The van der Waals surface area contributed by atoms with E-state index in [1.54, 1.807) is 24.8 Å². The van der Waals surface area contributed by atoms with Crippen molar-refractivity contribution in [2.45, 2.75) is 26.1 Å². The molecule has 2 aromatic heterocycles. The number of hydrogen-bond acceptors (Lipinski definition) is 2. The average Bonchev–Trinajstić information content (AvgIpc) is 2.99. The van der Waals surface area contributed by atoms with E-state index in [0.717, 1.165) is 36.4 Å². The van der Waals surface area contributed by atoms with Gasteiger partial charge in [0.2, 0.25) is 0 Å². The summed E-state index contributed by atoms with van der Waals surface area (Å²) in [7, 11) is 0. The van der Waals surface area contributed by atoms with Crippen LogP contribution in [-0.4, -0.2) is 14.5 Å². The van der Waals surface area contributed by atoms with E-state index in [1.807, 2.05) is 23.6 Å². The monoisotopic (exact) mass is 331 g/mol. The number of hydrogen-bond donors (Lipinski definition) is 0. The topological polar surface area (TPSA) is 30.7 Å². The molecule has 24 heavy (non-hydrogen) atoms. The van der Waals surface area contributed by atoms with Gasteiger partial charge >= 0.3 is 6.18 Å². The van der Waals surface area contributed by atoms with Crippen molar-refractivity contribution < 1.29 is 13.2 Å². The van der Waals surface area contributed by atoms with Gasteiger partial charge in [-0.1, -0.05) is 19.1 Å². The predicted octanol–water partition coefficient (Wildman–Crippen LogP) is 5.04. The van der Waals surface area contributed by atoms with Gasteiger partial charge in [-0.05, 0) is 30.7 Å². The molecule has 124 valence electrons. The van der Waals surface area contributed by atoms with Gasteiger partial charge < -0.3 is 4.57 Å². The Bertz CT molecular complexity index is 823. The smallest absolute Gasteiger partial charge is 0.330 e. The number of aryl methyl sites for hydroxylation is 1. The molecule has 0 bridgehead atoms. The SMILES string of the molecule is CCCn1cnc(-c2cccc(C(F)(F)F)c2)c1-c1ccncc1. The Balaban J connectivity index is 2.16. The van der Waals surface area contributed by atoms with Gasteiger partial charge in [-0.2, -0.15) is 13.2 Å². The molecule has 0 amide bonds. The Kier molecular flexibility index (Phi) is 4.38. The first-order chi connectivity index (χ1) is 11.5. The van der Waals surface area contributed by atoms with Crippen LogP contribution in [0.1, 0.15) is 18.9 Å². The van der Waals surface area contributed by atoms with Gasteiger partial charge in [-0.15, -0.1) is 0 Å². The van der Waals surface area contributed by atoms with Crippen LogP contribution in [0.25, 0.3) is 22.5 Å². The van der Waals surface area contributed by atoms with E-state index in [2.05, 4.69) is 9.97 Å². The summed E-state index contributed by atoms with van der Waals surface area (Å²) >= 11 is 0. The van der Waals surface area contributed by atoms with Crippen LogP contribution in [0.5, 0.6) is 0 Å². The zero-order valence-corrected chi connectivity index (χ0v) is 13.1. The first-order valence-electron chi connectivity index (χ1n) is 7.64. The molecule has 0 unspecified atom stereocenters.